The van der Waals surface area contributed by atoms with Crippen molar-refractivity contribution in [3.05, 3.63) is 61.5 Å². The Morgan fingerprint density at radius 3 is 2.22 bits per heavy atom. The molecule has 1 aromatic heterocycles. The molecule has 4 saturated carbocycles. The van der Waals surface area contributed by atoms with Crippen molar-refractivity contribution in [2.45, 2.75) is 145 Å². The number of halogens is 2. The number of aromatic nitrogens is 2. The smallest absolute Gasteiger partial charge is 0.309 e. The van der Waals surface area contributed by atoms with E-state index in [9.17, 15) is 24.3 Å². The van der Waals surface area contributed by atoms with E-state index in [1.165, 1.54) is 5.57 Å². The number of likely N-dealkylation sites (N-methyl/N-ethyl adjacent to an activating group) is 1. The standard InChI is InChI=1S/C47H65Cl2N3O6/c1-27(2)36-31(53)25-47(39-38(49)40(55)52(51(39)24-23-50-10)29-13-11-28(48)12-14-29)22-21-45(8)30(37(36)47)15-16-33-44(7)19-18-34(58-35(54)26-42(3,4)41(56)57)43(5,6)32(44)17-20-46(33,45)9/h11-14,27,30,32-34,50H,15-26H2,1-10H3,(H,56,57)/t30-,32+,33-,34+,44+,45-,46?,47-/m1/s1. The van der Waals surface area contributed by atoms with Gasteiger partial charge in [-0.1, -0.05) is 71.7 Å². The third-order valence-electron chi connectivity index (χ3n) is 17.0. The van der Waals surface area contributed by atoms with E-state index in [0.717, 1.165) is 62.6 Å². The van der Waals surface area contributed by atoms with Gasteiger partial charge in [-0.05, 0) is 148 Å². The van der Waals surface area contributed by atoms with Gasteiger partial charge in [0.2, 0.25) is 0 Å². The second-order valence-corrected chi connectivity index (χ2v) is 21.8. The van der Waals surface area contributed by atoms with E-state index >= 15 is 0 Å². The summed E-state index contributed by atoms with van der Waals surface area (Å²) in [5, 5.41) is 13.7. The van der Waals surface area contributed by atoms with Crippen LogP contribution in [0.5, 0.6) is 0 Å². The van der Waals surface area contributed by atoms with Crippen molar-refractivity contribution in [2.75, 3.05) is 13.6 Å². The number of rotatable bonds is 10. The van der Waals surface area contributed by atoms with Crippen LogP contribution in [0.3, 0.4) is 0 Å². The molecule has 8 atom stereocenters. The highest BCUT2D eigenvalue weighted by molar-refractivity contribution is 6.31. The normalized spacial score (nSPS) is 34.3. The lowest BCUT2D eigenvalue weighted by molar-refractivity contribution is -0.232. The summed E-state index contributed by atoms with van der Waals surface area (Å²) in [5.41, 5.74) is 1.08. The summed E-state index contributed by atoms with van der Waals surface area (Å²) < 4.78 is 9.94. The van der Waals surface area contributed by atoms with Crippen LogP contribution in [-0.4, -0.2) is 51.9 Å². The van der Waals surface area contributed by atoms with E-state index in [4.69, 9.17) is 27.9 Å². The number of carbonyl (C=O) groups is 3. The molecule has 5 aliphatic rings. The van der Waals surface area contributed by atoms with Crippen molar-refractivity contribution in [1.82, 2.24) is 14.7 Å². The zero-order chi connectivity index (χ0) is 42.5. The highest BCUT2D eigenvalue weighted by Gasteiger charge is 2.71. The van der Waals surface area contributed by atoms with Crippen molar-refractivity contribution in [3.63, 3.8) is 0 Å². The van der Waals surface area contributed by atoms with E-state index in [1.54, 1.807) is 30.7 Å². The molecule has 11 heteroatoms. The van der Waals surface area contributed by atoms with E-state index < -0.39 is 22.8 Å². The summed E-state index contributed by atoms with van der Waals surface area (Å²) in [4.78, 5) is 54.0. The van der Waals surface area contributed by atoms with Crippen molar-refractivity contribution in [1.29, 1.82) is 0 Å². The summed E-state index contributed by atoms with van der Waals surface area (Å²) in [5.74, 6) is -0.326. The molecule has 4 fully saturated rings. The Bertz CT molecular complexity index is 2100. The van der Waals surface area contributed by atoms with Crippen LogP contribution in [0.15, 0.2) is 40.2 Å². The van der Waals surface area contributed by atoms with Gasteiger partial charge in [-0.2, -0.15) is 0 Å². The molecular weight excluding hydrogens is 773 g/mol. The first kappa shape index (κ1) is 43.2. The quantitative estimate of drug-likeness (QED) is 0.229. The third-order valence-corrected chi connectivity index (χ3v) is 17.6. The van der Waals surface area contributed by atoms with Crippen LogP contribution < -0.4 is 10.9 Å². The van der Waals surface area contributed by atoms with E-state index in [2.05, 4.69) is 58.5 Å². The molecule has 1 aromatic carbocycles. The molecule has 0 radical (unpaired) electrons. The summed E-state index contributed by atoms with van der Waals surface area (Å²) in [6, 6.07) is 7.28. The lowest BCUT2D eigenvalue weighted by atomic mass is 9.33. The summed E-state index contributed by atoms with van der Waals surface area (Å²) in [7, 11) is 1.90. The van der Waals surface area contributed by atoms with Crippen LogP contribution >= 0.6 is 23.2 Å². The maximum absolute atomic E-state index is 14.6. The number of Topliss-reactive ketones (excluding diaryl/α,β-unsaturated/α-hetero) is 1. The van der Waals surface area contributed by atoms with Crippen LogP contribution in [0, 0.1) is 50.7 Å². The molecule has 58 heavy (non-hydrogen) atoms. The second-order valence-electron chi connectivity index (χ2n) is 21.0. The first-order valence-electron chi connectivity index (χ1n) is 21.6. The first-order chi connectivity index (χ1) is 27.0. The molecule has 0 saturated heterocycles. The fraction of sp³-hybridized carbons (Fsp3) is 0.702. The number of hydrogen-bond donors (Lipinski definition) is 2. The summed E-state index contributed by atoms with van der Waals surface area (Å²) in [6.07, 6.45) is 7.26. The molecule has 7 rings (SSSR count). The number of carbonyl (C=O) groups excluding carboxylic acids is 2. The fourth-order valence-corrected chi connectivity index (χ4v) is 14.5. The largest absolute Gasteiger partial charge is 0.481 e. The monoisotopic (exact) mass is 837 g/mol. The molecule has 1 unspecified atom stereocenters. The number of nitrogens with one attached hydrogen (secondary N) is 1. The van der Waals surface area contributed by atoms with Gasteiger partial charge < -0.3 is 15.2 Å². The molecule has 0 spiro atoms. The number of allylic oxidation sites excluding steroid dienone is 2. The number of carboxylic acids is 1. The van der Waals surface area contributed by atoms with Gasteiger partial charge in [0, 0.05) is 28.8 Å². The van der Waals surface area contributed by atoms with Crippen LogP contribution in [0.4, 0.5) is 0 Å². The molecule has 1 heterocycles. The molecule has 318 valence electrons. The molecule has 0 aliphatic heterocycles. The van der Waals surface area contributed by atoms with Gasteiger partial charge >= 0.3 is 11.9 Å². The zero-order valence-corrected chi connectivity index (χ0v) is 37.8. The topological polar surface area (TPSA) is 120 Å². The first-order valence-corrected chi connectivity index (χ1v) is 22.4. The molecule has 5 aliphatic carbocycles. The minimum Gasteiger partial charge on any atom is -0.481 e. The maximum Gasteiger partial charge on any atom is 0.309 e. The summed E-state index contributed by atoms with van der Waals surface area (Å²) in [6.45, 7) is 20.6. The number of benzene rings is 1. The predicted octanol–water partition coefficient (Wildman–Crippen LogP) is 9.81. The number of aliphatic carboxylic acids is 1. The van der Waals surface area contributed by atoms with Gasteiger partial charge in [-0.3, -0.25) is 23.9 Å². The van der Waals surface area contributed by atoms with Gasteiger partial charge in [0.1, 0.15) is 11.1 Å². The minimum absolute atomic E-state index is 0.00968. The van der Waals surface area contributed by atoms with Gasteiger partial charge in [0.05, 0.1) is 29.8 Å². The third kappa shape index (κ3) is 6.24. The second kappa shape index (κ2) is 14.6. The van der Waals surface area contributed by atoms with Crippen molar-refractivity contribution >= 4 is 40.9 Å². The van der Waals surface area contributed by atoms with Gasteiger partial charge in [-0.15, -0.1) is 0 Å². The Morgan fingerprint density at radius 1 is 0.931 bits per heavy atom. The Morgan fingerprint density at radius 2 is 1.60 bits per heavy atom. The lowest BCUT2D eigenvalue weighted by Gasteiger charge is -2.72. The lowest BCUT2D eigenvalue weighted by Crippen LogP contribution is -2.66. The molecule has 0 amide bonds. The highest BCUT2D eigenvalue weighted by atomic mass is 35.5. The number of ether oxygens (including phenoxy) is 1. The van der Waals surface area contributed by atoms with E-state index in [-0.39, 0.29) is 62.4 Å². The molecular formula is C47H65Cl2N3O6. The number of ketones is 1. The average Bonchev–Trinajstić information content (AvgIpc) is 3.58. The number of esters is 1. The van der Waals surface area contributed by atoms with Crippen LogP contribution in [0.2, 0.25) is 10.0 Å². The molecule has 2 N–H and O–H groups in total. The van der Waals surface area contributed by atoms with Gasteiger partial charge in [0.25, 0.3) is 5.56 Å². The zero-order valence-electron chi connectivity index (χ0n) is 36.3. The van der Waals surface area contributed by atoms with Gasteiger partial charge in [0.15, 0.2) is 5.78 Å². The van der Waals surface area contributed by atoms with E-state index in [0.29, 0.717) is 42.1 Å². The molecule has 9 nitrogen and oxygen atoms in total. The van der Waals surface area contributed by atoms with Crippen LogP contribution in [0.1, 0.15) is 132 Å². The Hall–Kier alpha value is -2.88. The number of hydrogen-bond acceptors (Lipinski definition) is 6. The van der Waals surface area contributed by atoms with Crippen LogP contribution in [0.25, 0.3) is 5.69 Å². The Kier molecular flexibility index (Phi) is 10.9. The van der Waals surface area contributed by atoms with Gasteiger partial charge in [-0.25, -0.2) is 4.68 Å². The van der Waals surface area contributed by atoms with Crippen molar-refractivity contribution < 1.29 is 24.2 Å². The van der Waals surface area contributed by atoms with E-state index in [1.807, 2.05) is 19.2 Å². The number of fused-ring (bicyclic) bond motifs is 7. The Labute approximate surface area is 354 Å². The highest BCUT2D eigenvalue weighted by Crippen LogP contribution is 2.77. The van der Waals surface area contributed by atoms with Crippen LogP contribution in [-0.2, 0) is 31.1 Å². The van der Waals surface area contributed by atoms with Crippen molar-refractivity contribution in [3.8, 4) is 5.69 Å². The predicted molar refractivity (Wildman–Crippen MR) is 229 cm³/mol. The Balaban J connectivity index is 1.28. The number of nitrogens with zero attached hydrogens (tertiary/aromatic N) is 2. The minimum atomic E-state index is -1.19. The SMILES string of the molecule is CNCCn1c([C@@]23CC[C@]4(C)[C@H](CC[C@H]5C4(C)CC[C@H]4C(C)(C)[C@@H](OC(=O)CC(C)(C)C(=O)O)CC[C@@]45C)C2=C(C(C)C)C(=O)C3)c(Cl)c(=O)n1-c1ccc(Cl)cc1. The maximum atomic E-state index is 14.6. The number of carboxylic acid groups (broad SMARTS) is 1. The molecule has 2 aromatic rings. The average molecular weight is 839 g/mol. The van der Waals surface area contributed by atoms with Crippen molar-refractivity contribution in [2.24, 2.45) is 50.7 Å². The summed E-state index contributed by atoms with van der Waals surface area (Å²) >= 11 is 13.6. The molecule has 0 bridgehead atoms. The fourth-order valence-electron chi connectivity index (χ4n) is 14.0.